The number of aromatic nitrogens is 2. The lowest BCUT2D eigenvalue weighted by molar-refractivity contribution is -0.137. The molecule has 144 valence electrons. The predicted molar refractivity (Wildman–Crippen MR) is 102 cm³/mol. The SMILES string of the molecule is C=CCNc1nnc(C)c2cc(C(=O)Nc3cccc(C(F)(F)F)c3)ccc12. The first kappa shape index (κ1) is 19.3. The van der Waals surface area contributed by atoms with Crippen molar-refractivity contribution in [3.05, 3.63) is 71.9 Å². The first-order valence-corrected chi connectivity index (χ1v) is 8.40. The van der Waals surface area contributed by atoms with Crippen LogP contribution in [0.25, 0.3) is 10.8 Å². The van der Waals surface area contributed by atoms with Crippen molar-refractivity contribution < 1.29 is 18.0 Å². The van der Waals surface area contributed by atoms with Crippen molar-refractivity contribution in [2.24, 2.45) is 0 Å². The summed E-state index contributed by atoms with van der Waals surface area (Å²) in [7, 11) is 0. The minimum atomic E-state index is -4.48. The van der Waals surface area contributed by atoms with Gasteiger partial charge in [0.2, 0.25) is 0 Å². The van der Waals surface area contributed by atoms with Gasteiger partial charge in [-0.3, -0.25) is 4.79 Å². The molecule has 0 atom stereocenters. The van der Waals surface area contributed by atoms with E-state index < -0.39 is 17.6 Å². The highest BCUT2D eigenvalue weighted by Gasteiger charge is 2.30. The van der Waals surface area contributed by atoms with E-state index in [0.29, 0.717) is 23.6 Å². The van der Waals surface area contributed by atoms with Gasteiger partial charge in [0.05, 0.1) is 11.3 Å². The zero-order chi connectivity index (χ0) is 20.3. The molecule has 0 aliphatic rings. The molecule has 0 aliphatic heterocycles. The highest BCUT2D eigenvalue weighted by atomic mass is 19.4. The van der Waals surface area contributed by atoms with E-state index in [1.807, 2.05) is 0 Å². The van der Waals surface area contributed by atoms with Crippen LogP contribution in [0.15, 0.2) is 55.1 Å². The molecule has 0 aliphatic carbocycles. The highest BCUT2D eigenvalue weighted by Crippen LogP contribution is 2.31. The van der Waals surface area contributed by atoms with E-state index in [1.165, 1.54) is 12.1 Å². The quantitative estimate of drug-likeness (QED) is 0.618. The Morgan fingerprint density at radius 3 is 2.64 bits per heavy atom. The van der Waals surface area contributed by atoms with E-state index in [1.54, 1.807) is 31.2 Å². The summed E-state index contributed by atoms with van der Waals surface area (Å²) in [5, 5.41) is 15.3. The zero-order valence-corrected chi connectivity index (χ0v) is 15.0. The summed E-state index contributed by atoms with van der Waals surface area (Å²) in [6.45, 7) is 5.91. The second-order valence-electron chi connectivity index (χ2n) is 6.10. The standard InChI is InChI=1S/C20H17F3N4O/c1-3-9-24-18-16-8-7-13(10-17(16)12(2)26-27-18)19(28)25-15-6-4-5-14(11-15)20(21,22)23/h3-8,10-11H,1,9H2,2H3,(H,24,27)(H,25,28). The topological polar surface area (TPSA) is 66.9 Å². The van der Waals surface area contributed by atoms with Gasteiger partial charge in [-0.1, -0.05) is 12.1 Å². The van der Waals surface area contributed by atoms with Gasteiger partial charge in [-0.05, 0) is 43.3 Å². The van der Waals surface area contributed by atoms with E-state index in [0.717, 1.165) is 22.9 Å². The molecule has 0 fully saturated rings. The maximum Gasteiger partial charge on any atom is 0.416 e. The number of amides is 1. The number of carbonyl (C=O) groups is 1. The fourth-order valence-electron chi connectivity index (χ4n) is 2.70. The molecule has 0 spiro atoms. The van der Waals surface area contributed by atoms with Crippen LogP contribution in [0, 0.1) is 6.92 Å². The lowest BCUT2D eigenvalue weighted by Gasteiger charge is -2.11. The molecule has 0 bridgehead atoms. The van der Waals surface area contributed by atoms with Crippen LogP contribution >= 0.6 is 0 Å². The number of anilines is 2. The molecule has 0 radical (unpaired) electrons. The Labute approximate surface area is 159 Å². The van der Waals surface area contributed by atoms with Crippen LogP contribution in [0.2, 0.25) is 0 Å². The number of aryl methyl sites for hydroxylation is 1. The lowest BCUT2D eigenvalue weighted by Crippen LogP contribution is -2.13. The van der Waals surface area contributed by atoms with Crippen molar-refractivity contribution >= 4 is 28.2 Å². The van der Waals surface area contributed by atoms with Gasteiger partial charge in [-0.2, -0.15) is 18.3 Å². The number of rotatable bonds is 5. The van der Waals surface area contributed by atoms with Crippen LogP contribution in [-0.4, -0.2) is 22.6 Å². The summed E-state index contributed by atoms with van der Waals surface area (Å²) in [6, 6.07) is 9.45. The largest absolute Gasteiger partial charge is 0.416 e. The molecule has 0 unspecified atom stereocenters. The normalized spacial score (nSPS) is 11.3. The van der Waals surface area contributed by atoms with E-state index in [9.17, 15) is 18.0 Å². The monoisotopic (exact) mass is 386 g/mol. The second kappa shape index (κ2) is 7.67. The number of halogens is 3. The minimum Gasteiger partial charge on any atom is -0.365 e. The molecule has 28 heavy (non-hydrogen) atoms. The summed E-state index contributed by atoms with van der Waals surface area (Å²) in [4.78, 5) is 12.5. The third-order valence-electron chi connectivity index (χ3n) is 4.09. The van der Waals surface area contributed by atoms with Crippen LogP contribution in [-0.2, 0) is 6.18 Å². The molecule has 0 saturated carbocycles. The van der Waals surface area contributed by atoms with Crippen molar-refractivity contribution in [1.29, 1.82) is 0 Å². The number of nitrogens with one attached hydrogen (secondary N) is 2. The van der Waals surface area contributed by atoms with E-state index in [-0.39, 0.29) is 5.69 Å². The van der Waals surface area contributed by atoms with Crippen LogP contribution < -0.4 is 10.6 Å². The average molecular weight is 386 g/mol. The number of alkyl halides is 3. The maximum absolute atomic E-state index is 12.8. The molecule has 3 aromatic rings. The van der Waals surface area contributed by atoms with Crippen LogP contribution in [0.1, 0.15) is 21.6 Å². The van der Waals surface area contributed by atoms with Gasteiger partial charge in [-0.15, -0.1) is 11.7 Å². The lowest BCUT2D eigenvalue weighted by atomic mass is 10.1. The summed E-state index contributed by atoms with van der Waals surface area (Å²) < 4.78 is 38.5. The summed E-state index contributed by atoms with van der Waals surface area (Å²) >= 11 is 0. The van der Waals surface area contributed by atoms with Crippen molar-refractivity contribution in [1.82, 2.24) is 10.2 Å². The Balaban J connectivity index is 1.90. The molecular weight excluding hydrogens is 369 g/mol. The molecule has 8 heteroatoms. The van der Waals surface area contributed by atoms with Gasteiger partial charge in [0, 0.05) is 28.6 Å². The molecule has 2 aromatic carbocycles. The van der Waals surface area contributed by atoms with Gasteiger partial charge in [0.15, 0.2) is 5.82 Å². The van der Waals surface area contributed by atoms with Gasteiger partial charge >= 0.3 is 6.18 Å². The Morgan fingerprint density at radius 1 is 1.14 bits per heavy atom. The van der Waals surface area contributed by atoms with Crippen molar-refractivity contribution in [3.8, 4) is 0 Å². The Hall–Kier alpha value is -3.42. The maximum atomic E-state index is 12.8. The van der Waals surface area contributed by atoms with E-state index in [4.69, 9.17) is 0 Å². The third-order valence-corrected chi connectivity index (χ3v) is 4.09. The van der Waals surface area contributed by atoms with E-state index >= 15 is 0 Å². The van der Waals surface area contributed by atoms with Gasteiger partial charge < -0.3 is 10.6 Å². The number of fused-ring (bicyclic) bond motifs is 1. The van der Waals surface area contributed by atoms with Gasteiger partial charge in [0.25, 0.3) is 5.91 Å². The molecule has 1 aromatic heterocycles. The Bertz CT molecular complexity index is 1050. The summed E-state index contributed by atoms with van der Waals surface area (Å²) in [5.41, 5.74) is 0.175. The molecule has 5 nitrogen and oxygen atoms in total. The first-order valence-electron chi connectivity index (χ1n) is 8.40. The fourth-order valence-corrected chi connectivity index (χ4v) is 2.70. The van der Waals surface area contributed by atoms with Crippen LogP contribution in [0.4, 0.5) is 24.7 Å². The fraction of sp³-hybridized carbons (Fsp3) is 0.150. The Kier molecular flexibility index (Phi) is 5.30. The van der Waals surface area contributed by atoms with Crippen molar-refractivity contribution in [3.63, 3.8) is 0 Å². The smallest absolute Gasteiger partial charge is 0.365 e. The van der Waals surface area contributed by atoms with Gasteiger partial charge in [0.1, 0.15) is 0 Å². The predicted octanol–water partition coefficient (Wildman–Crippen LogP) is 4.81. The first-order chi connectivity index (χ1) is 13.3. The van der Waals surface area contributed by atoms with Crippen LogP contribution in [0.3, 0.4) is 0 Å². The molecular formula is C20H17F3N4O. The molecule has 1 amide bonds. The zero-order valence-electron chi connectivity index (χ0n) is 15.0. The van der Waals surface area contributed by atoms with Gasteiger partial charge in [-0.25, -0.2) is 0 Å². The molecule has 3 rings (SSSR count). The minimum absolute atomic E-state index is 0.0674. The number of nitrogens with zero attached hydrogens (tertiary/aromatic N) is 2. The Morgan fingerprint density at radius 2 is 1.93 bits per heavy atom. The highest BCUT2D eigenvalue weighted by molar-refractivity contribution is 6.07. The summed E-state index contributed by atoms with van der Waals surface area (Å²) in [6.07, 6.45) is -2.79. The summed E-state index contributed by atoms with van der Waals surface area (Å²) in [5.74, 6) is 0.0448. The van der Waals surface area contributed by atoms with Crippen molar-refractivity contribution in [2.75, 3.05) is 17.2 Å². The molecule has 2 N–H and O–H groups in total. The second-order valence-corrected chi connectivity index (χ2v) is 6.10. The van der Waals surface area contributed by atoms with Crippen LogP contribution in [0.5, 0.6) is 0 Å². The number of hydrogen-bond donors (Lipinski definition) is 2. The number of benzene rings is 2. The number of carbonyl (C=O) groups excluding carboxylic acids is 1. The average Bonchev–Trinajstić information content (AvgIpc) is 2.67. The third kappa shape index (κ3) is 4.11. The van der Waals surface area contributed by atoms with Crippen molar-refractivity contribution in [2.45, 2.75) is 13.1 Å². The van der Waals surface area contributed by atoms with E-state index in [2.05, 4.69) is 27.4 Å². The number of hydrogen-bond acceptors (Lipinski definition) is 4. The molecule has 0 saturated heterocycles. The molecule has 1 heterocycles.